The van der Waals surface area contributed by atoms with Gasteiger partial charge in [-0.15, -0.1) is 0 Å². The highest BCUT2D eigenvalue weighted by Gasteiger charge is 2.57. The minimum Gasteiger partial charge on any atom is -0.468 e. The lowest BCUT2D eigenvalue weighted by Gasteiger charge is -2.51. The van der Waals surface area contributed by atoms with Crippen LogP contribution in [0, 0.1) is 16.7 Å². The monoisotopic (exact) mass is 446 g/mol. The lowest BCUT2D eigenvalue weighted by molar-refractivity contribution is -0.162. The molecule has 1 fully saturated rings. The summed E-state index contributed by atoms with van der Waals surface area (Å²) in [5, 5.41) is 2.85. The molecule has 0 saturated carbocycles. The van der Waals surface area contributed by atoms with E-state index in [-0.39, 0.29) is 42.6 Å². The third kappa shape index (κ3) is 5.06. The van der Waals surface area contributed by atoms with Crippen LogP contribution in [0.2, 0.25) is 0 Å². The van der Waals surface area contributed by atoms with E-state index in [0.717, 1.165) is 6.42 Å². The SMILES string of the molecule is COCCCNC(=O)C[C@@H]1C[C@@]2(C(=O)OC)CC(C)(C)CC=C2N(Cc2ccco2)C1=O. The fourth-order valence-corrected chi connectivity index (χ4v) is 5.02. The summed E-state index contributed by atoms with van der Waals surface area (Å²) in [7, 11) is 2.99. The van der Waals surface area contributed by atoms with Crippen LogP contribution in [-0.2, 0) is 30.4 Å². The average molecular weight is 447 g/mol. The summed E-state index contributed by atoms with van der Waals surface area (Å²) >= 11 is 0. The van der Waals surface area contributed by atoms with E-state index in [9.17, 15) is 14.4 Å². The Morgan fingerprint density at radius 1 is 1.31 bits per heavy atom. The van der Waals surface area contributed by atoms with E-state index >= 15 is 0 Å². The van der Waals surface area contributed by atoms with Crippen LogP contribution in [-0.4, -0.2) is 50.1 Å². The van der Waals surface area contributed by atoms with Crippen molar-refractivity contribution in [3.63, 3.8) is 0 Å². The van der Waals surface area contributed by atoms with Crippen molar-refractivity contribution in [1.82, 2.24) is 10.2 Å². The number of fused-ring (bicyclic) bond motifs is 1. The van der Waals surface area contributed by atoms with Gasteiger partial charge in [0.1, 0.15) is 11.2 Å². The second-order valence-electron chi connectivity index (χ2n) is 9.51. The summed E-state index contributed by atoms with van der Waals surface area (Å²) in [4.78, 5) is 41.0. The van der Waals surface area contributed by atoms with E-state index in [4.69, 9.17) is 13.9 Å². The van der Waals surface area contributed by atoms with Crippen LogP contribution >= 0.6 is 0 Å². The first-order valence-corrected chi connectivity index (χ1v) is 11.1. The normalized spacial score (nSPS) is 24.5. The molecule has 1 aliphatic carbocycles. The molecule has 1 aromatic heterocycles. The molecule has 2 aliphatic rings. The van der Waals surface area contributed by atoms with Crippen LogP contribution in [0.3, 0.4) is 0 Å². The second-order valence-corrected chi connectivity index (χ2v) is 9.51. The van der Waals surface area contributed by atoms with E-state index in [2.05, 4.69) is 19.2 Å². The number of hydrogen-bond acceptors (Lipinski definition) is 6. The first-order chi connectivity index (χ1) is 15.2. The zero-order chi connectivity index (χ0) is 23.4. The van der Waals surface area contributed by atoms with Crippen LogP contribution in [0.25, 0.3) is 0 Å². The second kappa shape index (κ2) is 9.90. The van der Waals surface area contributed by atoms with Crippen molar-refractivity contribution in [2.45, 2.75) is 52.5 Å². The zero-order valence-electron chi connectivity index (χ0n) is 19.4. The molecule has 32 heavy (non-hydrogen) atoms. The predicted molar refractivity (Wildman–Crippen MR) is 117 cm³/mol. The van der Waals surface area contributed by atoms with Gasteiger partial charge in [-0.05, 0) is 43.2 Å². The number of allylic oxidation sites excluding steroid dienone is 1. The molecule has 0 unspecified atom stereocenters. The number of ether oxygens (including phenoxy) is 2. The maximum Gasteiger partial charge on any atom is 0.317 e. The maximum atomic E-state index is 13.5. The summed E-state index contributed by atoms with van der Waals surface area (Å²) in [6.45, 7) is 5.45. The molecule has 176 valence electrons. The number of rotatable bonds is 9. The molecule has 0 radical (unpaired) electrons. The first kappa shape index (κ1) is 24.0. The number of nitrogens with one attached hydrogen (secondary N) is 1. The van der Waals surface area contributed by atoms with Crippen molar-refractivity contribution in [3.8, 4) is 0 Å². The van der Waals surface area contributed by atoms with Gasteiger partial charge in [0.25, 0.3) is 0 Å². The molecule has 1 N–H and O–H groups in total. The highest BCUT2D eigenvalue weighted by Crippen LogP contribution is 2.55. The van der Waals surface area contributed by atoms with E-state index in [0.29, 0.717) is 37.5 Å². The fourth-order valence-electron chi connectivity index (χ4n) is 5.02. The Morgan fingerprint density at radius 3 is 2.75 bits per heavy atom. The Labute approximate surface area is 189 Å². The van der Waals surface area contributed by atoms with Crippen molar-refractivity contribution in [2.75, 3.05) is 27.4 Å². The van der Waals surface area contributed by atoms with Gasteiger partial charge in [0.2, 0.25) is 11.8 Å². The minimum absolute atomic E-state index is 0.0208. The number of carbonyl (C=O) groups excluding carboxylic acids is 3. The van der Waals surface area contributed by atoms with Crippen molar-refractivity contribution in [1.29, 1.82) is 0 Å². The van der Waals surface area contributed by atoms with E-state index in [1.807, 2.05) is 6.08 Å². The lowest BCUT2D eigenvalue weighted by atomic mass is 9.59. The van der Waals surface area contributed by atoms with Gasteiger partial charge in [-0.1, -0.05) is 19.9 Å². The molecule has 2 atom stereocenters. The fraction of sp³-hybridized carbons (Fsp3) is 0.625. The number of methoxy groups -OCH3 is 2. The number of piperidine rings is 1. The minimum atomic E-state index is -0.974. The van der Waals surface area contributed by atoms with Crippen molar-refractivity contribution < 1.29 is 28.3 Å². The Hall–Kier alpha value is -2.61. The van der Waals surface area contributed by atoms with Gasteiger partial charge in [-0.25, -0.2) is 0 Å². The molecule has 0 spiro atoms. The highest BCUT2D eigenvalue weighted by atomic mass is 16.5. The van der Waals surface area contributed by atoms with Gasteiger partial charge in [0.05, 0.1) is 19.9 Å². The van der Waals surface area contributed by atoms with Crippen molar-refractivity contribution in [2.24, 2.45) is 16.7 Å². The molecule has 8 heteroatoms. The highest BCUT2D eigenvalue weighted by molar-refractivity contribution is 5.92. The molecule has 0 aromatic carbocycles. The van der Waals surface area contributed by atoms with Crippen LogP contribution in [0.15, 0.2) is 34.6 Å². The molecule has 1 saturated heterocycles. The average Bonchev–Trinajstić information content (AvgIpc) is 3.26. The maximum absolute atomic E-state index is 13.5. The van der Waals surface area contributed by atoms with Gasteiger partial charge in [-0.3, -0.25) is 14.4 Å². The Bertz CT molecular complexity index is 860. The number of esters is 1. The van der Waals surface area contributed by atoms with Gasteiger partial charge in [-0.2, -0.15) is 0 Å². The largest absolute Gasteiger partial charge is 0.468 e. The van der Waals surface area contributed by atoms with Gasteiger partial charge in [0.15, 0.2) is 0 Å². The van der Waals surface area contributed by atoms with Crippen LogP contribution in [0.4, 0.5) is 0 Å². The number of carbonyl (C=O) groups is 3. The number of amides is 2. The summed E-state index contributed by atoms with van der Waals surface area (Å²) in [5.74, 6) is -0.747. The Kier molecular flexibility index (Phi) is 7.44. The van der Waals surface area contributed by atoms with Crippen molar-refractivity contribution >= 4 is 17.8 Å². The molecule has 2 heterocycles. The Morgan fingerprint density at radius 2 is 2.09 bits per heavy atom. The molecular weight excluding hydrogens is 412 g/mol. The first-order valence-electron chi connectivity index (χ1n) is 11.1. The molecular formula is C24H34N2O6. The summed E-state index contributed by atoms with van der Waals surface area (Å²) in [6, 6.07) is 3.56. The van der Waals surface area contributed by atoms with E-state index in [1.54, 1.807) is 30.4 Å². The Balaban J connectivity index is 1.91. The van der Waals surface area contributed by atoms with Crippen LogP contribution < -0.4 is 5.32 Å². The van der Waals surface area contributed by atoms with Gasteiger partial charge in [0, 0.05) is 38.3 Å². The van der Waals surface area contributed by atoms with Crippen LogP contribution in [0.1, 0.15) is 51.7 Å². The third-order valence-electron chi connectivity index (χ3n) is 6.37. The summed E-state index contributed by atoms with van der Waals surface area (Å²) in [6.07, 6.45) is 5.81. The van der Waals surface area contributed by atoms with E-state index < -0.39 is 11.3 Å². The summed E-state index contributed by atoms with van der Waals surface area (Å²) < 4.78 is 15.7. The molecule has 8 nitrogen and oxygen atoms in total. The lowest BCUT2D eigenvalue weighted by Crippen LogP contribution is -2.55. The predicted octanol–water partition coefficient (Wildman–Crippen LogP) is 3.03. The molecule has 3 rings (SSSR count). The van der Waals surface area contributed by atoms with E-state index in [1.165, 1.54) is 7.11 Å². The number of likely N-dealkylation sites (tertiary alicyclic amines) is 1. The van der Waals surface area contributed by atoms with Gasteiger partial charge >= 0.3 is 5.97 Å². The molecule has 1 aliphatic heterocycles. The van der Waals surface area contributed by atoms with Crippen LogP contribution in [0.5, 0.6) is 0 Å². The van der Waals surface area contributed by atoms with Crippen molar-refractivity contribution in [3.05, 3.63) is 35.9 Å². The standard InChI is InChI=1S/C24H34N2O6/c1-23(2)9-8-19-24(16-23,22(29)31-4)14-17(13-20(27)25-10-6-11-30-3)21(28)26(19)15-18-7-5-12-32-18/h5,7-8,12,17H,6,9-11,13-16H2,1-4H3,(H,25,27)/t17-,24-/m1/s1. The molecule has 2 amide bonds. The number of nitrogens with zero attached hydrogens (tertiary/aromatic N) is 1. The molecule has 0 bridgehead atoms. The number of hydrogen-bond donors (Lipinski definition) is 1. The molecule has 1 aromatic rings. The zero-order valence-corrected chi connectivity index (χ0v) is 19.4. The summed E-state index contributed by atoms with van der Waals surface area (Å²) in [5.41, 5.74) is -0.443. The quantitative estimate of drug-likeness (QED) is 0.463. The topological polar surface area (TPSA) is 98.1 Å². The number of furan rings is 1. The third-order valence-corrected chi connectivity index (χ3v) is 6.37. The van der Waals surface area contributed by atoms with Gasteiger partial charge < -0.3 is 24.1 Å². The smallest absolute Gasteiger partial charge is 0.317 e.